The third-order valence-corrected chi connectivity index (χ3v) is 18.5. The zero-order valence-corrected chi connectivity index (χ0v) is 67.5. The molecule has 0 rings (SSSR count). The number of carboxylic acids is 4. The molecule has 32 heteroatoms. The van der Waals surface area contributed by atoms with Crippen LogP contribution in [-0.4, -0.2) is 247 Å². The molecule has 4 atom stereocenters. The highest BCUT2D eigenvalue weighted by Crippen LogP contribution is 2.23. The maximum absolute atomic E-state index is 13.3. The van der Waals surface area contributed by atoms with Crippen LogP contribution in [0.25, 0.3) is 0 Å². The summed E-state index contributed by atoms with van der Waals surface area (Å²) in [6.07, 6.45) is 25.2. The van der Waals surface area contributed by atoms with Gasteiger partial charge in [-0.15, -0.1) is 0 Å². The largest absolute Gasteiger partial charge is 0.481 e. The number of amides is 6. The van der Waals surface area contributed by atoms with Crippen LogP contribution in [0.4, 0.5) is 0 Å². The fourth-order valence-corrected chi connectivity index (χ4v) is 11.8. The number of nitrogens with one attached hydrogen (secondary N) is 6. The molecule has 32 nitrogen and oxygen atoms in total. The van der Waals surface area contributed by atoms with Gasteiger partial charge in [0.1, 0.15) is 49.8 Å². The van der Waals surface area contributed by atoms with E-state index in [2.05, 4.69) is 31.9 Å². The number of ether oxygens (including phenoxy) is 8. The number of carbonyl (C=O) groups is 14. The van der Waals surface area contributed by atoms with Crippen molar-refractivity contribution in [1.29, 1.82) is 0 Å². The molecule has 0 aromatic heterocycles. The third-order valence-electron chi connectivity index (χ3n) is 18.5. The summed E-state index contributed by atoms with van der Waals surface area (Å²) in [6, 6.07) is -1.18. The number of carboxylic acid groups (broad SMARTS) is 4. The molecular formula is C80H140N6O26. The summed E-state index contributed by atoms with van der Waals surface area (Å²) < 4.78 is 43.3. The van der Waals surface area contributed by atoms with Gasteiger partial charge in [-0.25, -0.2) is 4.79 Å². The topological polar surface area (TPSA) is 466 Å². The van der Waals surface area contributed by atoms with Gasteiger partial charge < -0.3 is 90.2 Å². The summed E-state index contributed by atoms with van der Waals surface area (Å²) in [5.74, 6) is -7.61. The van der Waals surface area contributed by atoms with Gasteiger partial charge in [0.2, 0.25) is 35.4 Å². The summed E-state index contributed by atoms with van der Waals surface area (Å²) in [5.41, 5.74) is 0. The SMILES string of the molecule is CC[C@@H](CCCCNC(=O)COCCOCCNC(=O)COCCOCCNC(=O)CC[C@H](NC(=O)CCCCCCCCCCCCC(=O)O)C(=O)O)C(=O)C[C@@H](CCCCNC(=O)COCCOCCCC(=O)COCCOCCNC(=O)CC[C@H](CC(=O)CCCCCCCCCCCCC(=O)O)C(=O)O)C(C)=O. The smallest absolute Gasteiger partial charge is 0.326 e. The predicted molar refractivity (Wildman–Crippen MR) is 416 cm³/mol. The molecule has 0 fully saturated rings. The molecule has 0 aliphatic heterocycles. The van der Waals surface area contributed by atoms with Crippen molar-refractivity contribution in [2.45, 2.75) is 270 Å². The molecule has 0 aliphatic rings. The van der Waals surface area contributed by atoms with Crippen LogP contribution < -0.4 is 31.9 Å². The maximum atomic E-state index is 13.3. The van der Waals surface area contributed by atoms with E-state index in [1.807, 2.05) is 6.92 Å². The van der Waals surface area contributed by atoms with Crippen LogP contribution in [0.3, 0.4) is 0 Å². The second-order valence-electron chi connectivity index (χ2n) is 28.3. The van der Waals surface area contributed by atoms with Crippen LogP contribution in [-0.2, 0) is 105 Å². The normalized spacial score (nSPS) is 12.3. The second-order valence-corrected chi connectivity index (χ2v) is 28.3. The molecule has 0 aromatic carbocycles. The van der Waals surface area contributed by atoms with Crippen molar-refractivity contribution in [2.75, 3.05) is 138 Å². The predicted octanol–water partition coefficient (Wildman–Crippen LogP) is 7.90. The van der Waals surface area contributed by atoms with E-state index < -0.39 is 41.8 Å². The van der Waals surface area contributed by atoms with E-state index in [0.717, 1.165) is 109 Å². The molecule has 0 radical (unpaired) electrons. The van der Waals surface area contributed by atoms with Gasteiger partial charge in [0.15, 0.2) is 5.78 Å². The number of rotatable bonds is 85. The van der Waals surface area contributed by atoms with E-state index in [9.17, 15) is 77.3 Å². The summed E-state index contributed by atoms with van der Waals surface area (Å²) in [7, 11) is 0. The highest BCUT2D eigenvalue weighted by Gasteiger charge is 2.26. The van der Waals surface area contributed by atoms with Gasteiger partial charge in [0, 0.05) is 109 Å². The lowest BCUT2D eigenvalue weighted by molar-refractivity contribution is -0.144. The summed E-state index contributed by atoms with van der Waals surface area (Å²) >= 11 is 0. The molecule has 0 saturated heterocycles. The van der Waals surface area contributed by atoms with Crippen LogP contribution >= 0.6 is 0 Å². The highest BCUT2D eigenvalue weighted by molar-refractivity contribution is 5.88. The quantitative estimate of drug-likeness (QED) is 0.0258. The molecule has 0 spiro atoms. The molecule has 0 bridgehead atoms. The number of aliphatic carboxylic acids is 4. The van der Waals surface area contributed by atoms with Gasteiger partial charge in [-0.1, -0.05) is 122 Å². The van der Waals surface area contributed by atoms with Crippen molar-refractivity contribution < 1.29 is 125 Å². The van der Waals surface area contributed by atoms with Crippen LogP contribution in [0.5, 0.6) is 0 Å². The van der Waals surface area contributed by atoms with Gasteiger partial charge in [0.25, 0.3) is 0 Å². The summed E-state index contributed by atoms with van der Waals surface area (Å²) in [5, 5.41) is 52.6. The standard InChI is InChI=1S/C80H140N6O26/c1-3-64(29-24-26-40-81-75(95)61-111-55-52-108-48-44-85-76(96)62-112-56-51-107-47-43-84-72(92)39-37-69(80(103)104)86-73(93)33-21-17-13-9-5-7-11-15-19-23-35-78(99)100)70(90)58-65(63(2)87)30-25-27-41-82-74(94)60-110-54-49-105-45-28-32-68(89)59-109-53-50-106-46-42-83-71(91)38-36-66(79(101)102)57-67(88)31-20-16-12-8-4-6-10-14-18-22-34-77(97)98/h64-66,69H,3-62H2,1-2H3,(H,81,95)(H,82,94)(H,83,91)(H,84,92)(H,85,96)(H,86,93)(H,97,98)(H,99,100)(H,101,102)(H,103,104)/t64-,65+,66+,69-/m0/s1. The van der Waals surface area contributed by atoms with Crippen LogP contribution in [0.1, 0.15) is 264 Å². The number of hydrogen-bond acceptors (Lipinski definition) is 22. The molecule has 6 amide bonds. The van der Waals surface area contributed by atoms with E-state index >= 15 is 0 Å². The number of hydrogen-bond donors (Lipinski definition) is 10. The summed E-state index contributed by atoms with van der Waals surface area (Å²) in [4.78, 5) is 169. The number of unbranched alkanes of at least 4 members (excludes halogenated alkanes) is 20. The monoisotopic (exact) mass is 1600 g/mol. The Labute approximate surface area is 663 Å². The molecule has 112 heavy (non-hydrogen) atoms. The molecule has 646 valence electrons. The van der Waals surface area contributed by atoms with Gasteiger partial charge >= 0.3 is 23.9 Å². The lowest BCUT2D eigenvalue weighted by atomic mass is 9.85. The fourth-order valence-electron chi connectivity index (χ4n) is 11.8. The lowest BCUT2D eigenvalue weighted by Gasteiger charge is -2.18. The van der Waals surface area contributed by atoms with Crippen molar-refractivity contribution in [3.63, 3.8) is 0 Å². The average Bonchev–Trinajstić information content (AvgIpc) is 0.905. The summed E-state index contributed by atoms with van der Waals surface area (Å²) in [6.45, 7) is 6.58. The van der Waals surface area contributed by atoms with Crippen LogP contribution in [0.15, 0.2) is 0 Å². The third kappa shape index (κ3) is 70.9. The van der Waals surface area contributed by atoms with Gasteiger partial charge in [-0.05, 0) is 84.0 Å². The Hall–Kier alpha value is -6.94. The first-order chi connectivity index (χ1) is 54.0. The molecule has 0 aliphatic carbocycles. The molecular weight excluding hydrogens is 1460 g/mol. The molecule has 0 aromatic rings. The Kier molecular flexibility index (Phi) is 70.7. The van der Waals surface area contributed by atoms with E-state index in [4.69, 9.17) is 48.1 Å². The van der Waals surface area contributed by atoms with Gasteiger partial charge in [-0.2, -0.15) is 0 Å². The minimum absolute atomic E-state index is 0.0305. The molecule has 0 saturated carbocycles. The van der Waals surface area contributed by atoms with E-state index in [0.29, 0.717) is 96.7 Å². The van der Waals surface area contributed by atoms with E-state index in [1.165, 1.54) is 6.92 Å². The van der Waals surface area contributed by atoms with Crippen molar-refractivity contribution in [1.82, 2.24) is 31.9 Å². The van der Waals surface area contributed by atoms with Crippen molar-refractivity contribution in [2.24, 2.45) is 17.8 Å². The Bertz CT molecular complexity index is 2580. The zero-order valence-electron chi connectivity index (χ0n) is 67.5. The molecule has 0 heterocycles. The number of carbonyl (C=O) groups excluding carboxylic acids is 10. The molecule has 10 N–H and O–H groups in total. The van der Waals surface area contributed by atoms with Crippen molar-refractivity contribution in [3.05, 3.63) is 0 Å². The fraction of sp³-hybridized carbons (Fsp3) is 0.825. The highest BCUT2D eigenvalue weighted by atomic mass is 16.5. The zero-order chi connectivity index (χ0) is 82.7. The van der Waals surface area contributed by atoms with Gasteiger partial charge in [0.05, 0.1) is 78.6 Å². The van der Waals surface area contributed by atoms with Gasteiger partial charge in [-0.3, -0.25) is 62.3 Å². The first-order valence-electron chi connectivity index (χ1n) is 41.2. The Morgan fingerprint density at radius 1 is 0.277 bits per heavy atom. The Morgan fingerprint density at radius 3 is 1.04 bits per heavy atom. The minimum atomic E-state index is -1.21. The van der Waals surface area contributed by atoms with E-state index in [-0.39, 0.29) is 247 Å². The minimum Gasteiger partial charge on any atom is -0.481 e. The lowest BCUT2D eigenvalue weighted by Crippen LogP contribution is -2.41. The second kappa shape index (κ2) is 75.4. The first-order valence-corrected chi connectivity index (χ1v) is 41.2. The van der Waals surface area contributed by atoms with Crippen LogP contribution in [0.2, 0.25) is 0 Å². The van der Waals surface area contributed by atoms with Crippen LogP contribution in [0, 0.1) is 17.8 Å². The first kappa shape index (κ1) is 105. The maximum Gasteiger partial charge on any atom is 0.326 e. The Morgan fingerprint density at radius 2 is 0.634 bits per heavy atom. The van der Waals surface area contributed by atoms with Crippen molar-refractivity contribution in [3.8, 4) is 0 Å². The Balaban J connectivity index is 3.88. The average molecular weight is 1600 g/mol. The van der Waals surface area contributed by atoms with Crippen molar-refractivity contribution >= 4 is 82.5 Å². The number of ketones is 4. The number of Topliss-reactive ketones (excluding diaryl/α,β-unsaturated/α-hetero) is 4. The molecule has 0 unspecified atom stereocenters. The van der Waals surface area contributed by atoms with E-state index in [1.54, 1.807) is 0 Å².